The predicted octanol–water partition coefficient (Wildman–Crippen LogP) is 6.76. The lowest BCUT2D eigenvalue weighted by molar-refractivity contribution is 0.531. The molecule has 0 aliphatic rings. The summed E-state index contributed by atoms with van der Waals surface area (Å²) in [5, 5.41) is 0. The largest absolute Gasteiger partial charge is 0.118 e. The van der Waals surface area contributed by atoms with E-state index >= 15 is 0 Å². The van der Waals surface area contributed by atoms with Crippen molar-refractivity contribution in [2.75, 3.05) is 0 Å². The van der Waals surface area contributed by atoms with Crippen LogP contribution in [0.25, 0.3) is 0 Å². The Morgan fingerprint density at radius 1 is 0.625 bits per heavy atom. The van der Waals surface area contributed by atoms with Crippen LogP contribution in [-0.4, -0.2) is 9.75 Å². The van der Waals surface area contributed by atoms with Gasteiger partial charge in [0.05, 0.1) is 9.75 Å². The molecule has 0 heterocycles. The number of halogens is 4. The van der Waals surface area contributed by atoms with Gasteiger partial charge >= 0.3 is 0 Å². The number of rotatable bonds is 1. The maximum Gasteiger partial charge on any atom is 0.0576 e. The molecule has 0 saturated heterocycles. The maximum atomic E-state index is 5.88. The molecule has 0 aromatic rings. The van der Waals surface area contributed by atoms with Gasteiger partial charge in [0.2, 0.25) is 0 Å². The SMILES string of the molecule is CC(C)(Cl)C(C)(C)Cl.CC(C)=C(C)C.ClCl. The highest BCUT2D eigenvalue weighted by atomic mass is 36.5. The summed E-state index contributed by atoms with van der Waals surface area (Å²) in [6, 6.07) is 0. The van der Waals surface area contributed by atoms with Gasteiger partial charge in [-0.1, -0.05) is 11.1 Å². The van der Waals surface area contributed by atoms with E-state index in [0.717, 1.165) is 0 Å². The Kier molecular flexibility index (Phi) is 13.7. The van der Waals surface area contributed by atoms with Gasteiger partial charge in [0, 0.05) is 21.7 Å². The van der Waals surface area contributed by atoms with Gasteiger partial charge in [-0.2, -0.15) is 0 Å². The molecule has 16 heavy (non-hydrogen) atoms. The van der Waals surface area contributed by atoms with Crippen LogP contribution in [0.3, 0.4) is 0 Å². The molecule has 0 aliphatic carbocycles. The molecular weight excluding hydrogens is 286 g/mol. The number of alkyl halides is 2. The molecule has 0 saturated carbocycles. The maximum absolute atomic E-state index is 5.88. The highest BCUT2D eigenvalue weighted by molar-refractivity contribution is 6.85. The summed E-state index contributed by atoms with van der Waals surface area (Å²) < 4.78 is 0. The lowest BCUT2D eigenvalue weighted by Crippen LogP contribution is -2.34. The highest BCUT2D eigenvalue weighted by Crippen LogP contribution is 2.33. The fourth-order valence-electron chi connectivity index (χ4n) is 0. The third-order valence-electron chi connectivity index (χ3n) is 2.41. The fourth-order valence-corrected chi connectivity index (χ4v) is 0. The zero-order chi connectivity index (χ0) is 14.2. The Balaban J connectivity index is -0.000000188. The van der Waals surface area contributed by atoms with Crippen LogP contribution in [0, 0.1) is 0 Å². The first-order valence-corrected chi connectivity index (χ1v) is 6.92. The van der Waals surface area contributed by atoms with Gasteiger partial charge in [-0.25, -0.2) is 0 Å². The quantitative estimate of drug-likeness (QED) is 0.370. The van der Waals surface area contributed by atoms with Gasteiger partial charge in [0.1, 0.15) is 0 Å². The lowest BCUT2D eigenvalue weighted by atomic mass is 9.99. The molecule has 0 aliphatic heterocycles. The van der Waals surface area contributed by atoms with Crippen molar-refractivity contribution in [3.63, 3.8) is 0 Å². The average Bonchev–Trinajstić information content (AvgIpc) is 2.05. The molecule has 0 fully saturated rings. The molecule has 0 nitrogen and oxygen atoms in total. The van der Waals surface area contributed by atoms with Gasteiger partial charge < -0.3 is 0 Å². The van der Waals surface area contributed by atoms with Crippen molar-refractivity contribution in [2.24, 2.45) is 0 Å². The summed E-state index contributed by atoms with van der Waals surface area (Å²) in [5.74, 6) is 0. The van der Waals surface area contributed by atoms with Crippen molar-refractivity contribution >= 4 is 44.9 Å². The number of hydrogen-bond donors (Lipinski definition) is 0. The van der Waals surface area contributed by atoms with Gasteiger partial charge in [-0.05, 0) is 55.4 Å². The first-order chi connectivity index (χ1) is 6.89. The molecule has 4 heteroatoms. The van der Waals surface area contributed by atoms with Crippen LogP contribution in [0.2, 0.25) is 0 Å². The summed E-state index contributed by atoms with van der Waals surface area (Å²) in [4.78, 5) is -0.650. The third-order valence-corrected chi connectivity index (χ3v) is 3.46. The normalized spacial score (nSPS) is 10.5. The zero-order valence-corrected chi connectivity index (χ0v) is 14.5. The average molecular weight is 310 g/mol. The van der Waals surface area contributed by atoms with Crippen LogP contribution in [0.15, 0.2) is 11.1 Å². The number of hydrogen-bond acceptors (Lipinski definition) is 0. The first-order valence-electron chi connectivity index (χ1n) is 5.02. The molecule has 0 radical (unpaired) electrons. The Morgan fingerprint density at radius 3 is 0.750 bits per heavy atom. The molecular formula is C12H24Cl4. The van der Waals surface area contributed by atoms with E-state index < -0.39 is 0 Å². The standard InChI is InChI=1S/C6H12Cl2.C6H12.Cl2/c1-5(2,7)6(3,4)8;1-5(2)6(3)4;1-2/h1-4H3;1-4H3;. The van der Waals surface area contributed by atoms with E-state index in [4.69, 9.17) is 23.2 Å². The Labute approximate surface area is 121 Å². The van der Waals surface area contributed by atoms with Crippen molar-refractivity contribution in [1.29, 1.82) is 0 Å². The van der Waals surface area contributed by atoms with Gasteiger partial charge in [0.25, 0.3) is 0 Å². The highest BCUT2D eigenvalue weighted by Gasteiger charge is 2.32. The van der Waals surface area contributed by atoms with Crippen molar-refractivity contribution in [3.8, 4) is 0 Å². The van der Waals surface area contributed by atoms with Crippen molar-refractivity contribution in [1.82, 2.24) is 0 Å². The van der Waals surface area contributed by atoms with E-state index in [1.165, 1.54) is 11.1 Å². The molecule has 0 rings (SSSR count). The lowest BCUT2D eigenvalue weighted by Gasteiger charge is -2.29. The first kappa shape index (κ1) is 22.1. The minimum absolute atomic E-state index is 0.325. The minimum Gasteiger partial charge on any atom is -0.118 e. The van der Waals surface area contributed by atoms with E-state index in [0.29, 0.717) is 0 Å². The van der Waals surface area contributed by atoms with Crippen LogP contribution in [0.4, 0.5) is 0 Å². The van der Waals surface area contributed by atoms with E-state index in [-0.39, 0.29) is 9.75 Å². The van der Waals surface area contributed by atoms with E-state index in [1.807, 2.05) is 27.7 Å². The van der Waals surface area contributed by atoms with Gasteiger partial charge in [0.15, 0.2) is 0 Å². The van der Waals surface area contributed by atoms with E-state index in [2.05, 4.69) is 49.4 Å². The van der Waals surface area contributed by atoms with Crippen LogP contribution < -0.4 is 0 Å². The summed E-state index contributed by atoms with van der Waals surface area (Å²) in [5.41, 5.74) is 2.85. The second-order valence-electron chi connectivity index (χ2n) is 4.94. The van der Waals surface area contributed by atoms with Crippen LogP contribution in [0.1, 0.15) is 55.4 Å². The van der Waals surface area contributed by atoms with Gasteiger partial charge in [-0.3, -0.25) is 0 Å². The third kappa shape index (κ3) is 14.9. The molecule has 0 unspecified atom stereocenters. The van der Waals surface area contributed by atoms with Crippen LogP contribution >= 0.6 is 44.9 Å². The molecule has 100 valence electrons. The molecule has 0 amide bonds. The van der Waals surface area contributed by atoms with Crippen molar-refractivity contribution < 1.29 is 0 Å². The van der Waals surface area contributed by atoms with Gasteiger partial charge in [-0.15, -0.1) is 23.2 Å². The smallest absolute Gasteiger partial charge is 0.0576 e. The topological polar surface area (TPSA) is 0 Å². The van der Waals surface area contributed by atoms with E-state index in [1.54, 1.807) is 0 Å². The molecule has 0 bridgehead atoms. The molecule has 0 atom stereocenters. The summed E-state index contributed by atoms with van der Waals surface area (Å²) in [6.45, 7) is 16.1. The van der Waals surface area contributed by atoms with Crippen LogP contribution in [-0.2, 0) is 0 Å². The molecule has 0 spiro atoms. The van der Waals surface area contributed by atoms with Crippen molar-refractivity contribution in [2.45, 2.75) is 65.1 Å². The predicted molar refractivity (Wildman–Crippen MR) is 81.3 cm³/mol. The van der Waals surface area contributed by atoms with Crippen LogP contribution in [0.5, 0.6) is 0 Å². The molecule has 0 aromatic carbocycles. The number of allylic oxidation sites excluding steroid dienone is 2. The summed E-state index contributed by atoms with van der Waals surface area (Å²) in [6.07, 6.45) is 0. The summed E-state index contributed by atoms with van der Waals surface area (Å²) in [7, 11) is 8.22. The Morgan fingerprint density at radius 2 is 0.750 bits per heavy atom. The fraction of sp³-hybridized carbons (Fsp3) is 0.833. The molecule has 0 N–H and O–H groups in total. The van der Waals surface area contributed by atoms with Crippen molar-refractivity contribution in [3.05, 3.63) is 11.1 Å². The second kappa shape index (κ2) is 9.88. The molecule has 0 aromatic heterocycles. The van der Waals surface area contributed by atoms with E-state index in [9.17, 15) is 0 Å². The monoisotopic (exact) mass is 308 g/mol. The Hall–Kier alpha value is 0.900. The minimum atomic E-state index is -0.325. The second-order valence-corrected chi connectivity index (χ2v) is 6.83. The zero-order valence-electron chi connectivity index (χ0n) is 11.5. The Bertz CT molecular complexity index is 164. The summed E-state index contributed by atoms with van der Waals surface area (Å²) >= 11 is 11.8.